The molecule has 0 unspecified atom stereocenters. The van der Waals surface area contributed by atoms with Crippen LogP contribution < -0.4 is 9.80 Å². The second-order valence-electron chi connectivity index (χ2n) is 18.6. The maximum Gasteiger partial charge on any atom is 0.0468 e. The SMILES string of the molecule is CC1(C)CC(C)(C)c2cc(N(c3ccccc3)c3ccc4c(ccc5cc(N(c6ccccc6)c6ccc7c(c6)C(C)(C)CC7(C)C)ccc54)c3)ccc21. The Hall–Kier alpha value is -5.34. The van der Waals surface area contributed by atoms with Crippen molar-refractivity contribution in [3.05, 3.63) is 168 Å². The van der Waals surface area contributed by atoms with Gasteiger partial charge in [-0.3, -0.25) is 0 Å². The van der Waals surface area contributed by atoms with Gasteiger partial charge in [-0.1, -0.05) is 128 Å². The summed E-state index contributed by atoms with van der Waals surface area (Å²) in [6.45, 7) is 19.1. The van der Waals surface area contributed by atoms with Crippen LogP contribution in [-0.2, 0) is 21.7 Å². The van der Waals surface area contributed by atoms with Crippen molar-refractivity contribution in [2.45, 2.75) is 89.9 Å². The molecule has 2 heteroatoms. The van der Waals surface area contributed by atoms with Crippen molar-refractivity contribution < 1.29 is 0 Å². The van der Waals surface area contributed by atoms with Crippen LogP contribution in [0, 0.1) is 0 Å². The predicted molar refractivity (Wildman–Crippen MR) is 232 cm³/mol. The first-order chi connectivity index (χ1) is 25.7. The van der Waals surface area contributed by atoms with Crippen LogP contribution in [0.15, 0.2) is 146 Å². The van der Waals surface area contributed by atoms with Crippen molar-refractivity contribution in [1.29, 1.82) is 0 Å². The zero-order valence-electron chi connectivity index (χ0n) is 33.2. The third-order valence-corrected chi connectivity index (χ3v) is 12.6. The normalized spacial score (nSPS) is 17.3. The summed E-state index contributed by atoms with van der Waals surface area (Å²) in [5.41, 5.74) is 13.5. The van der Waals surface area contributed by atoms with E-state index in [1.807, 2.05) is 0 Å². The largest absolute Gasteiger partial charge is 0.310 e. The van der Waals surface area contributed by atoms with E-state index in [1.165, 1.54) is 55.2 Å². The molecule has 0 aliphatic heterocycles. The molecule has 7 aromatic rings. The summed E-state index contributed by atoms with van der Waals surface area (Å²) < 4.78 is 0. The standard InChI is InChI=1S/C52H52N2/c1-49(2)33-51(5,6)47-31-41(23-27-45(47)49)53(37-15-11-9-12-16-37)39-21-25-43-35(29-39)19-20-36-30-40(22-26-44(36)43)54(38-17-13-10-14-18-38)42-24-28-46-48(32-42)52(7,8)34-50(46,3)4/h9-32H,33-34H2,1-8H3. The number of rotatable bonds is 6. The Balaban J connectivity index is 1.14. The Morgan fingerprint density at radius 2 is 0.648 bits per heavy atom. The predicted octanol–water partition coefficient (Wildman–Crippen LogP) is 14.9. The number of hydrogen-bond donors (Lipinski definition) is 0. The first-order valence-corrected chi connectivity index (χ1v) is 19.7. The molecule has 0 saturated carbocycles. The Bertz CT molecular complexity index is 2380. The molecular formula is C52H52N2. The Labute approximate surface area is 322 Å². The summed E-state index contributed by atoms with van der Waals surface area (Å²) in [6, 6.07) is 54.5. The molecule has 270 valence electrons. The lowest BCUT2D eigenvalue weighted by Crippen LogP contribution is -2.18. The van der Waals surface area contributed by atoms with Crippen LogP contribution in [0.1, 0.15) is 90.5 Å². The maximum absolute atomic E-state index is 2.45. The van der Waals surface area contributed by atoms with Crippen molar-refractivity contribution in [2.24, 2.45) is 0 Å². The highest BCUT2D eigenvalue weighted by Gasteiger charge is 2.43. The van der Waals surface area contributed by atoms with Gasteiger partial charge in [0, 0.05) is 34.1 Å². The number of fused-ring (bicyclic) bond motifs is 5. The highest BCUT2D eigenvalue weighted by atomic mass is 15.1. The van der Waals surface area contributed by atoms with Crippen LogP contribution in [0.5, 0.6) is 0 Å². The van der Waals surface area contributed by atoms with Gasteiger partial charge in [0.1, 0.15) is 0 Å². The fourth-order valence-electron chi connectivity index (χ4n) is 10.6. The zero-order chi connectivity index (χ0) is 37.6. The number of hydrogen-bond acceptors (Lipinski definition) is 2. The van der Waals surface area contributed by atoms with E-state index >= 15 is 0 Å². The second-order valence-corrected chi connectivity index (χ2v) is 18.6. The molecule has 0 amide bonds. The molecule has 9 rings (SSSR count). The fourth-order valence-corrected chi connectivity index (χ4v) is 10.6. The van der Waals surface area contributed by atoms with Crippen LogP contribution in [0.4, 0.5) is 34.1 Å². The van der Waals surface area contributed by atoms with E-state index in [-0.39, 0.29) is 21.7 Å². The third kappa shape index (κ3) is 5.61. The first kappa shape index (κ1) is 34.4. The lowest BCUT2D eigenvalue weighted by atomic mass is 9.82. The molecule has 0 aromatic heterocycles. The summed E-state index contributed by atoms with van der Waals surface area (Å²) in [4.78, 5) is 4.84. The minimum absolute atomic E-state index is 0.127. The minimum Gasteiger partial charge on any atom is -0.310 e. The Kier molecular flexibility index (Phi) is 7.71. The summed E-state index contributed by atoms with van der Waals surface area (Å²) in [6.07, 6.45) is 2.31. The van der Waals surface area contributed by atoms with E-state index in [0.717, 1.165) is 35.6 Å². The zero-order valence-corrected chi connectivity index (χ0v) is 33.2. The minimum atomic E-state index is 0.127. The number of nitrogens with zero attached hydrogens (tertiary/aromatic N) is 2. The fraction of sp³-hybridized carbons (Fsp3) is 0.269. The summed E-state index contributed by atoms with van der Waals surface area (Å²) in [5, 5.41) is 5.00. The summed E-state index contributed by atoms with van der Waals surface area (Å²) >= 11 is 0. The Morgan fingerprint density at radius 1 is 0.315 bits per heavy atom. The van der Waals surface area contributed by atoms with Gasteiger partial charge >= 0.3 is 0 Å². The molecule has 54 heavy (non-hydrogen) atoms. The smallest absolute Gasteiger partial charge is 0.0468 e. The molecule has 0 N–H and O–H groups in total. The number of anilines is 6. The van der Waals surface area contributed by atoms with Gasteiger partial charge in [-0.2, -0.15) is 0 Å². The molecule has 0 atom stereocenters. The molecule has 0 saturated heterocycles. The van der Waals surface area contributed by atoms with E-state index in [0.29, 0.717) is 0 Å². The van der Waals surface area contributed by atoms with Crippen molar-refractivity contribution in [2.75, 3.05) is 9.80 Å². The highest BCUT2D eigenvalue weighted by Crippen LogP contribution is 2.53. The van der Waals surface area contributed by atoms with Gasteiger partial charge in [-0.25, -0.2) is 0 Å². The molecule has 7 aromatic carbocycles. The van der Waals surface area contributed by atoms with Crippen LogP contribution >= 0.6 is 0 Å². The van der Waals surface area contributed by atoms with Gasteiger partial charge in [0.15, 0.2) is 0 Å². The van der Waals surface area contributed by atoms with Crippen molar-refractivity contribution in [1.82, 2.24) is 0 Å². The van der Waals surface area contributed by atoms with E-state index < -0.39 is 0 Å². The quantitative estimate of drug-likeness (QED) is 0.159. The van der Waals surface area contributed by atoms with E-state index in [9.17, 15) is 0 Å². The summed E-state index contributed by atoms with van der Waals surface area (Å²) in [7, 11) is 0. The van der Waals surface area contributed by atoms with E-state index in [2.05, 4.69) is 211 Å². The van der Waals surface area contributed by atoms with Crippen molar-refractivity contribution in [3.63, 3.8) is 0 Å². The van der Waals surface area contributed by atoms with Gasteiger partial charge in [0.05, 0.1) is 0 Å². The monoisotopic (exact) mass is 704 g/mol. The van der Waals surface area contributed by atoms with Crippen LogP contribution in [0.2, 0.25) is 0 Å². The van der Waals surface area contributed by atoms with Crippen LogP contribution in [0.3, 0.4) is 0 Å². The van der Waals surface area contributed by atoms with Gasteiger partial charge in [0.2, 0.25) is 0 Å². The second kappa shape index (κ2) is 12.1. The number of benzene rings is 7. The molecule has 0 spiro atoms. The first-order valence-electron chi connectivity index (χ1n) is 19.7. The van der Waals surface area contributed by atoms with Crippen molar-refractivity contribution >= 4 is 55.7 Å². The average molecular weight is 705 g/mol. The topological polar surface area (TPSA) is 6.48 Å². The Morgan fingerprint density at radius 3 is 1.04 bits per heavy atom. The molecule has 0 radical (unpaired) electrons. The lowest BCUT2D eigenvalue weighted by Gasteiger charge is -2.28. The molecule has 2 aliphatic rings. The maximum atomic E-state index is 2.45. The molecule has 0 bridgehead atoms. The van der Waals surface area contributed by atoms with Gasteiger partial charge < -0.3 is 9.80 Å². The van der Waals surface area contributed by atoms with E-state index in [4.69, 9.17) is 0 Å². The van der Waals surface area contributed by atoms with Crippen molar-refractivity contribution in [3.8, 4) is 0 Å². The summed E-state index contributed by atoms with van der Waals surface area (Å²) in [5.74, 6) is 0. The molecular weight excluding hydrogens is 653 g/mol. The average Bonchev–Trinajstić information content (AvgIpc) is 3.46. The van der Waals surface area contributed by atoms with E-state index in [1.54, 1.807) is 0 Å². The van der Waals surface area contributed by atoms with Gasteiger partial charge in [-0.05, 0) is 151 Å². The molecule has 0 heterocycles. The van der Waals surface area contributed by atoms with Gasteiger partial charge in [0.25, 0.3) is 0 Å². The van der Waals surface area contributed by atoms with Crippen LogP contribution in [0.25, 0.3) is 21.5 Å². The molecule has 2 nitrogen and oxygen atoms in total. The molecule has 2 aliphatic carbocycles. The lowest BCUT2D eigenvalue weighted by molar-refractivity contribution is 0.402. The van der Waals surface area contributed by atoms with Gasteiger partial charge in [-0.15, -0.1) is 0 Å². The highest BCUT2D eigenvalue weighted by molar-refractivity contribution is 6.09. The number of para-hydroxylation sites is 2. The van der Waals surface area contributed by atoms with Crippen LogP contribution in [-0.4, -0.2) is 0 Å². The third-order valence-electron chi connectivity index (χ3n) is 12.6. The molecule has 0 fully saturated rings.